The largest absolute Gasteiger partial charge is 0.305 e. The fraction of sp³-hybridized carbons (Fsp3) is 0.115. The number of nitrogens with zero attached hydrogens (tertiary/aromatic N) is 3. The van der Waals surface area contributed by atoms with Gasteiger partial charge in [0.05, 0.1) is 16.8 Å². The second kappa shape index (κ2) is 8.48. The van der Waals surface area contributed by atoms with Gasteiger partial charge in [-0.3, -0.25) is 14.6 Å². The third kappa shape index (κ3) is 3.94. The number of rotatable bonds is 4. The number of aromatic nitrogens is 3. The van der Waals surface area contributed by atoms with Crippen LogP contribution >= 0.6 is 11.6 Å². The van der Waals surface area contributed by atoms with E-state index in [4.69, 9.17) is 22.0 Å². The molecule has 0 amide bonds. The molecular formula is C26H21ClN4O3S. The van der Waals surface area contributed by atoms with E-state index in [1.165, 1.54) is 39.3 Å². The van der Waals surface area contributed by atoms with Crippen molar-refractivity contribution in [3.05, 3.63) is 110 Å². The average Bonchev–Trinajstić information content (AvgIpc) is 2.83. The lowest BCUT2D eigenvalue weighted by Crippen LogP contribution is -2.30. The Hall–Kier alpha value is -3.75. The van der Waals surface area contributed by atoms with Gasteiger partial charge in [-0.2, -0.15) is 0 Å². The summed E-state index contributed by atoms with van der Waals surface area (Å²) in [5.74, 6) is 0. The summed E-state index contributed by atoms with van der Waals surface area (Å²) in [4.78, 5) is 17.9. The normalized spacial score (nSPS) is 11.9. The number of aryl methyl sites for hydroxylation is 2. The lowest BCUT2D eigenvalue weighted by atomic mass is 10.1. The quantitative estimate of drug-likeness (QED) is 0.369. The van der Waals surface area contributed by atoms with E-state index in [1.54, 1.807) is 12.3 Å². The van der Waals surface area contributed by atoms with Crippen molar-refractivity contribution in [2.24, 2.45) is 0 Å². The van der Waals surface area contributed by atoms with Crippen LogP contribution in [0, 0.1) is 19.3 Å². The van der Waals surface area contributed by atoms with E-state index in [-0.39, 0.29) is 32.9 Å². The van der Waals surface area contributed by atoms with Crippen LogP contribution < -0.4 is 11.0 Å². The van der Waals surface area contributed by atoms with Crippen molar-refractivity contribution < 1.29 is 8.42 Å². The zero-order valence-corrected chi connectivity index (χ0v) is 20.6. The predicted octanol–water partition coefficient (Wildman–Crippen LogP) is 4.28. The molecule has 0 aliphatic heterocycles. The summed E-state index contributed by atoms with van der Waals surface area (Å²) in [7, 11) is -4.12. The van der Waals surface area contributed by atoms with E-state index >= 15 is 0 Å². The molecular weight excluding hydrogens is 484 g/mol. The van der Waals surface area contributed by atoms with Crippen LogP contribution in [-0.2, 0) is 16.4 Å². The van der Waals surface area contributed by atoms with E-state index in [1.807, 2.05) is 44.2 Å². The molecule has 3 heterocycles. The smallest absolute Gasteiger partial charge is 0.267 e. The van der Waals surface area contributed by atoms with Crippen molar-refractivity contribution in [1.29, 1.82) is 5.41 Å². The van der Waals surface area contributed by atoms with Crippen LogP contribution in [0.3, 0.4) is 0 Å². The maximum Gasteiger partial charge on any atom is 0.267 e. The van der Waals surface area contributed by atoms with E-state index in [0.29, 0.717) is 10.7 Å². The molecule has 5 rings (SSSR count). The Bertz CT molecular complexity index is 1840. The van der Waals surface area contributed by atoms with Crippen molar-refractivity contribution in [2.75, 3.05) is 0 Å². The van der Waals surface area contributed by atoms with E-state index < -0.39 is 15.4 Å². The van der Waals surface area contributed by atoms with Gasteiger partial charge < -0.3 is 4.57 Å². The standard InChI is InChI=1S/C26H21ClN4O3S/c1-16-5-7-18(8-6-16)15-31-23(28)22(35(33,34)20-11-9-19(27)10-12-20)14-21-25(31)29-24-17(2)4-3-13-30(24)26(21)32/h3-14,28H,15H2,1-2H3. The van der Waals surface area contributed by atoms with Crippen molar-refractivity contribution in [3.63, 3.8) is 0 Å². The lowest BCUT2D eigenvalue weighted by molar-refractivity contribution is 0.591. The van der Waals surface area contributed by atoms with Crippen molar-refractivity contribution >= 4 is 38.1 Å². The maximum absolute atomic E-state index is 13.6. The molecule has 5 aromatic rings. The summed E-state index contributed by atoms with van der Waals surface area (Å²) >= 11 is 5.94. The first-order valence-electron chi connectivity index (χ1n) is 10.8. The van der Waals surface area contributed by atoms with Crippen LogP contribution in [0.5, 0.6) is 0 Å². The highest BCUT2D eigenvalue weighted by Gasteiger charge is 2.24. The molecule has 7 nitrogen and oxygen atoms in total. The lowest BCUT2D eigenvalue weighted by Gasteiger charge is -2.16. The van der Waals surface area contributed by atoms with Crippen molar-refractivity contribution in [2.45, 2.75) is 30.2 Å². The van der Waals surface area contributed by atoms with Gasteiger partial charge in [-0.1, -0.05) is 47.5 Å². The number of fused-ring (bicyclic) bond motifs is 2. The third-order valence-corrected chi connectivity index (χ3v) is 8.01. The van der Waals surface area contributed by atoms with Crippen LogP contribution in [0.1, 0.15) is 16.7 Å². The number of hydrogen-bond acceptors (Lipinski definition) is 5. The van der Waals surface area contributed by atoms with Crippen molar-refractivity contribution in [1.82, 2.24) is 14.0 Å². The summed E-state index contributed by atoms with van der Waals surface area (Å²) in [5, 5.41) is 9.42. The molecule has 9 heteroatoms. The van der Waals surface area contributed by atoms with Gasteiger partial charge in [0, 0.05) is 11.2 Å². The van der Waals surface area contributed by atoms with E-state index in [0.717, 1.165) is 16.7 Å². The van der Waals surface area contributed by atoms with Gasteiger partial charge in [-0.05, 0) is 61.4 Å². The highest BCUT2D eigenvalue weighted by atomic mass is 35.5. The fourth-order valence-corrected chi connectivity index (χ4v) is 5.56. The molecule has 0 aliphatic rings. The Kier molecular flexibility index (Phi) is 5.57. The molecule has 0 spiro atoms. The number of halogens is 1. The van der Waals surface area contributed by atoms with E-state index in [9.17, 15) is 13.2 Å². The molecule has 0 fully saturated rings. The summed E-state index contributed by atoms with van der Waals surface area (Å²) in [6.45, 7) is 3.99. The van der Waals surface area contributed by atoms with Crippen molar-refractivity contribution in [3.8, 4) is 0 Å². The molecule has 1 N–H and O–H groups in total. The van der Waals surface area contributed by atoms with Crippen LogP contribution in [0.25, 0.3) is 16.7 Å². The highest BCUT2D eigenvalue weighted by Crippen LogP contribution is 2.23. The minimum absolute atomic E-state index is 0.0127. The first-order chi connectivity index (χ1) is 16.7. The van der Waals surface area contributed by atoms with Gasteiger partial charge in [0.15, 0.2) is 0 Å². The SMILES string of the molecule is Cc1ccc(Cn2c(=N)c(S(=O)(=O)c3ccc(Cl)cc3)cc3c(=O)n4cccc(C)c4nc32)cc1. The average molecular weight is 505 g/mol. The number of pyridine rings is 2. The first-order valence-corrected chi connectivity index (χ1v) is 12.7. The van der Waals surface area contributed by atoms with Gasteiger partial charge >= 0.3 is 0 Å². The Morgan fingerprint density at radius 1 is 0.971 bits per heavy atom. The number of nitrogens with one attached hydrogen (secondary N) is 1. The van der Waals surface area contributed by atoms with Gasteiger partial charge in [-0.25, -0.2) is 13.4 Å². The molecule has 0 unspecified atom stereocenters. The fourth-order valence-electron chi connectivity index (χ4n) is 4.05. The molecule has 0 radical (unpaired) electrons. The second-order valence-electron chi connectivity index (χ2n) is 8.43. The van der Waals surface area contributed by atoms with Gasteiger partial charge in [0.1, 0.15) is 21.7 Å². The molecule has 0 atom stereocenters. The van der Waals surface area contributed by atoms with Crippen LogP contribution in [-0.4, -0.2) is 22.4 Å². The first kappa shape index (κ1) is 23.0. The minimum atomic E-state index is -4.12. The Morgan fingerprint density at radius 3 is 2.34 bits per heavy atom. The maximum atomic E-state index is 13.6. The predicted molar refractivity (Wildman–Crippen MR) is 135 cm³/mol. The topological polar surface area (TPSA) is 97.3 Å². The summed E-state index contributed by atoms with van der Waals surface area (Å²) < 4.78 is 30.0. The molecule has 0 saturated carbocycles. The monoisotopic (exact) mass is 504 g/mol. The van der Waals surface area contributed by atoms with Gasteiger partial charge in [0.2, 0.25) is 9.84 Å². The molecule has 0 aliphatic carbocycles. The van der Waals surface area contributed by atoms with Gasteiger partial charge in [-0.15, -0.1) is 0 Å². The van der Waals surface area contributed by atoms with Gasteiger partial charge in [0.25, 0.3) is 5.56 Å². The zero-order valence-electron chi connectivity index (χ0n) is 19.0. The summed E-state index contributed by atoms with van der Waals surface area (Å²) in [5.41, 5.74) is 2.77. The zero-order chi connectivity index (χ0) is 24.9. The third-order valence-electron chi connectivity index (χ3n) is 5.97. The Balaban J connectivity index is 1.88. The highest BCUT2D eigenvalue weighted by molar-refractivity contribution is 7.91. The Morgan fingerprint density at radius 2 is 1.66 bits per heavy atom. The number of benzene rings is 2. The molecule has 0 bridgehead atoms. The number of sulfone groups is 1. The number of hydrogen-bond donors (Lipinski definition) is 1. The summed E-state index contributed by atoms with van der Waals surface area (Å²) in [6.07, 6.45) is 1.60. The molecule has 176 valence electrons. The van der Waals surface area contributed by atoms with E-state index in [2.05, 4.69) is 0 Å². The molecule has 0 saturated heterocycles. The molecule has 35 heavy (non-hydrogen) atoms. The van der Waals surface area contributed by atoms with Crippen LogP contribution in [0.2, 0.25) is 5.02 Å². The second-order valence-corrected chi connectivity index (χ2v) is 10.8. The van der Waals surface area contributed by atoms with Crippen LogP contribution in [0.15, 0.2) is 87.5 Å². The van der Waals surface area contributed by atoms with Crippen LogP contribution in [0.4, 0.5) is 0 Å². The minimum Gasteiger partial charge on any atom is -0.305 e. The molecule has 2 aromatic carbocycles. The molecule has 3 aromatic heterocycles. The summed E-state index contributed by atoms with van der Waals surface area (Å²) in [6, 6.07) is 18.3. The Labute approximate surface area is 206 Å².